The van der Waals surface area contributed by atoms with E-state index in [-0.39, 0.29) is 12.0 Å². The lowest BCUT2D eigenvalue weighted by molar-refractivity contribution is -0.128. The van der Waals surface area contributed by atoms with Gasteiger partial charge in [0.05, 0.1) is 6.10 Å². The van der Waals surface area contributed by atoms with Crippen molar-refractivity contribution in [2.24, 2.45) is 0 Å². The Hall–Kier alpha value is -2.49. The minimum Gasteiger partial charge on any atom is -0.491 e. The monoisotopic (exact) mass is 383 g/mol. The minimum absolute atomic E-state index is 0.0553. The van der Waals surface area contributed by atoms with Crippen molar-refractivity contribution in [2.75, 3.05) is 6.54 Å². The van der Waals surface area contributed by atoms with Gasteiger partial charge in [0.25, 0.3) is 5.91 Å². The van der Waals surface area contributed by atoms with Crippen LogP contribution in [-0.4, -0.2) is 24.7 Å². The summed E-state index contributed by atoms with van der Waals surface area (Å²) in [5.74, 6) is 1.62. The van der Waals surface area contributed by atoms with Crippen LogP contribution in [0.1, 0.15) is 50.3 Å². The van der Waals surface area contributed by atoms with Crippen LogP contribution in [0, 0.1) is 13.8 Å². The molecule has 1 N–H and O–H groups in total. The molecule has 0 fully saturated rings. The Morgan fingerprint density at radius 1 is 1.07 bits per heavy atom. The van der Waals surface area contributed by atoms with E-state index in [4.69, 9.17) is 9.47 Å². The van der Waals surface area contributed by atoms with Gasteiger partial charge in [-0.1, -0.05) is 31.2 Å². The summed E-state index contributed by atoms with van der Waals surface area (Å²) in [6, 6.07) is 14.1. The second-order valence-corrected chi connectivity index (χ2v) is 7.42. The third kappa shape index (κ3) is 6.59. The van der Waals surface area contributed by atoms with Crippen LogP contribution in [0.15, 0.2) is 42.5 Å². The summed E-state index contributed by atoms with van der Waals surface area (Å²) in [6.45, 7) is 10.7. The number of ether oxygens (including phenoxy) is 2. The van der Waals surface area contributed by atoms with Gasteiger partial charge in [-0.15, -0.1) is 0 Å². The smallest absolute Gasteiger partial charge is 0.261 e. The molecule has 0 spiro atoms. The Balaban J connectivity index is 1.81. The van der Waals surface area contributed by atoms with E-state index in [1.54, 1.807) is 0 Å². The number of benzene rings is 2. The highest BCUT2D eigenvalue weighted by atomic mass is 16.5. The quantitative estimate of drug-likeness (QED) is 0.588. The van der Waals surface area contributed by atoms with Gasteiger partial charge < -0.3 is 14.8 Å². The van der Waals surface area contributed by atoms with Crippen molar-refractivity contribution in [1.82, 2.24) is 5.32 Å². The van der Waals surface area contributed by atoms with Gasteiger partial charge in [-0.25, -0.2) is 0 Å². The molecule has 0 unspecified atom stereocenters. The van der Waals surface area contributed by atoms with Crippen LogP contribution in [0.5, 0.6) is 11.5 Å². The van der Waals surface area contributed by atoms with Crippen LogP contribution >= 0.6 is 0 Å². The molecule has 0 aliphatic heterocycles. The summed E-state index contributed by atoms with van der Waals surface area (Å²) in [4.78, 5) is 12.5. The predicted molar refractivity (Wildman–Crippen MR) is 114 cm³/mol. The highest BCUT2D eigenvalue weighted by Crippen LogP contribution is 2.22. The normalized spacial score (nSPS) is 11.9. The third-order valence-electron chi connectivity index (χ3n) is 4.70. The molecule has 0 radical (unpaired) electrons. The summed E-state index contributed by atoms with van der Waals surface area (Å²) in [7, 11) is 0. The summed E-state index contributed by atoms with van der Waals surface area (Å²) in [6.07, 6.45) is 2.09. The lowest BCUT2D eigenvalue weighted by Crippen LogP contribution is -2.38. The first-order chi connectivity index (χ1) is 13.4. The molecule has 0 aromatic heterocycles. The van der Waals surface area contributed by atoms with Crippen LogP contribution in [0.4, 0.5) is 0 Å². The first kappa shape index (κ1) is 21.8. The fraction of sp³-hybridized carbons (Fsp3) is 0.458. The summed E-state index contributed by atoms with van der Waals surface area (Å²) in [5.41, 5.74) is 3.46. The lowest BCUT2D eigenvalue weighted by Gasteiger charge is -2.19. The molecular weight excluding hydrogens is 350 g/mol. The van der Waals surface area contributed by atoms with Crippen molar-refractivity contribution < 1.29 is 14.3 Å². The Bertz CT molecular complexity index is 770. The van der Waals surface area contributed by atoms with Gasteiger partial charge in [-0.2, -0.15) is 0 Å². The van der Waals surface area contributed by atoms with E-state index in [9.17, 15) is 4.79 Å². The van der Waals surface area contributed by atoms with Crippen molar-refractivity contribution >= 4 is 5.91 Å². The Kier molecular flexibility index (Phi) is 8.37. The number of carbonyl (C=O) groups excluding carboxylic acids is 1. The summed E-state index contributed by atoms with van der Waals surface area (Å²) < 4.78 is 11.7. The van der Waals surface area contributed by atoms with E-state index >= 15 is 0 Å². The average Bonchev–Trinajstić information content (AvgIpc) is 2.66. The largest absolute Gasteiger partial charge is 0.491 e. The summed E-state index contributed by atoms with van der Waals surface area (Å²) >= 11 is 0. The van der Waals surface area contributed by atoms with Gasteiger partial charge in [0.15, 0.2) is 6.10 Å². The van der Waals surface area contributed by atoms with Crippen LogP contribution in [0.25, 0.3) is 0 Å². The van der Waals surface area contributed by atoms with Gasteiger partial charge in [0.1, 0.15) is 11.5 Å². The zero-order valence-corrected chi connectivity index (χ0v) is 17.7. The summed E-state index contributed by atoms with van der Waals surface area (Å²) in [5, 5.41) is 3.01. The zero-order chi connectivity index (χ0) is 20.5. The van der Waals surface area contributed by atoms with Crippen molar-refractivity contribution in [1.29, 1.82) is 0 Å². The number of carbonyl (C=O) groups is 1. The standard InChI is InChI=1S/C24H33NO3/c1-6-22(28-23-14-7-10-18(4)19(23)5)24(26)25-15-9-12-20-11-8-13-21(16-20)27-17(2)3/h7-8,10-11,13-14,16-17,22H,6,9,12,15H2,1-5H3,(H,25,26)/t22-/m0/s1. The molecule has 0 saturated carbocycles. The molecule has 4 nitrogen and oxygen atoms in total. The van der Waals surface area contributed by atoms with E-state index in [1.807, 2.05) is 65.0 Å². The molecule has 2 aromatic rings. The Morgan fingerprint density at radius 3 is 2.54 bits per heavy atom. The first-order valence-electron chi connectivity index (χ1n) is 10.2. The Morgan fingerprint density at radius 2 is 1.82 bits per heavy atom. The fourth-order valence-electron chi connectivity index (χ4n) is 2.99. The molecule has 0 saturated heterocycles. The van der Waals surface area contributed by atoms with Crippen LogP contribution < -0.4 is 14.8 Å². The van der Waals surface area contributed by atoms with Crippen LogP contribution in [0.3, 0.4) is 0 Å². The predicted octanol–water partition coefficient (Wildman–Crippen LogP) is 5.00. The number of hydrogen-bond acceptors (Lipinski definition) is 3. The number of rotatable bonds is 10. The van der Waals surface area contributed by atoms with E-state index in [0.29, 0.717) is 13.0 Å². The number of amides is 1. The van der Waals surface area contributed by atoms with Crippen LogP contribution in [0.2, 0.25) is 0 Å². The number of nitrogens with one attached hydrogen (secondary N) is 1. The van der Waals surface area contributed by atoms with Gasteiger partial charge in [-0.05, 0) is 81.8 Å². The van der Waals surface area contributed by atoms with Gasteiger partial charge in [-0.3, -0.25) is 4.79 Å². The highest BCUT2D eigenvalue weighted by molar-refractivity contribution is 5.81. The molecule has 0 aliphatic rings. The molecule has 0 heterocycles. The van der Waals surface area contributed by atoms with E-state index < -0.39 is 6.10 Å². The van der Waals surface area contributed by atoms with Crippen molar-refractivity contribution in [3.8, 4) is 11.5 Å². The Labute approximate surface area is 169 Å². The number of aryl methyl sites for hydroxylation is 2. The minimum atomic E-state index is -0.469. The van der Waals surface area contributed by atoms with Gasteiger partial charge >= 0.3 is 0 Å². The van der Waals surface area contributed by atoms with Crippen molar-refractivity contribution in [3.63, 3.8) is 0 Å². The van der Waals surface area contributed by atoms with Gasteiger partial charge in [0.2, 0.25) is 0 Å². The van der Waals surface area contributed by atoms with E-state index in [2.05, 4.69) is 17.4 Å². The van der Waals surface area contributed by atoms with Crippen LogP contribution in [-0.2, 0) is 11.2 Å². The SMILES string of the molecule is CC[C@H](Oc1cccc(C)c1C)C(=O)NCCCc1cccc(OC(C)C)c1. The maximum atomic E-state index is 12.5. The molecule has 0 bridgehead atoms. The second-order valence-electron chi connectivity index (χ2n) is 7.42. The molecule has 1 amide bonds. The highest BCUT2D eigenvalue weighted by Gasteiger charge is 2.19. The molecule has 4 heteroatoms. The molecular formula is C24H33NO3. The average molecular weight is 384 g/mol. The maximum Gasteiger partial charge on any atom is 0.261 e. The third-order valence-corrected chi connectivity index (χ3v) is 4.70. The zero-order valence-electron chi connectivity index (χ0n) is 17.7. The number of hydrogen-bond donors (Lipinski definition) is 1. The van der Waals surface area contributed by atoms with E-state index in [0.717, 1.165) is 35.5 Å². The van der Waals surface area contributed by atoms with Crippen molar-refractivity contribution in [3.05, 3.63) is 59.2 Å². The maximum absolute atomic E-state index is 12.5. The second kappa shape index (κ2) is 10.7. The molecule has 152 valence electrons. The molecule has 28 heavy (non-hydrogen) atoms. The van der Waals surface area contributed by atoms with E-state index in [1.165, 1.54) is 5.56 Å². The van der Waals surface area contributed by atoms with Crippen molar-refractivity contribution in [2.45, 2.75) is 66.1 Å². The fourth-order valence-corrected chi connectivity index (χ4v) is 2.99. The first-order valence-corrected chi connectivity index (χ1v) is 10.2. The topological polar surface area (TPSA) is 47.6 Å². The van der Waals surface area contributed by atoms with Gasteiger partial charge in [0, 0.05) is 6.54 Å². The molecule has 0 aliphatic carbocycles. The molecule has 1 atom stereocenters. The molecule has 2 rings (SSSR count). The lowest BCUT2D eigenvalue weighted by atomic mass is 10.1. The molecule has 2 aromatic carbocycles.